The molecule has 0 bridgehead atoms. The molecule has 130 valence electrons. The topological polar surface area (TPSA) is 67.6 Å². The van der Waals surface area contributed by atoms with Gasteiger partial charge in [-0.3, -0.25) is 4.90 Å². The van der Waals surface area contributed by atoms with Crippen LogP contribution in [0.25, 0.3) is 0 Å². The highest BCUT2D eigenvalue weighted by atomic mass is 19.1. The predicted octanol–water partition coefficient (Wildman–Crippen LogP) is 2.50. The first-order chi connectivity index (χ1) is 10.7. The highest BCUT2D eigenvalue weighted by Crippen LogP contribution is 2.12. The van der Waals surface area contributed by atoms with Crippen molar-refractivity contribution in [1.29, 1.82) is 0 Å². The molecular formula is C17H28FN3O2. The van der Waals surface area contributed by atoms with Crippen LogP contribution < -0.4 is 11.1 Å². The Balaban J connectivity index is 2.44. The van der Waals surface area contributed by atoms with Gasteiger partial charge in [0.25, 0.3) is 0 Å². The van der Waals surface area contributed by atoms with Crippen molar-refractivity contribution in [2.75, 3.05) is 20.1 Å². The van der Waals surface area contributed by atoms with Gasteiger partial charge in [-0.15, -0.1) is 0 Å². The molecular weight excluding hydrogens is 297 g/mol. The van der Waals surface area contributed by atoms with Gasteiger partial charge in [-0.2, -0.15) is 0 Å². The summed E-state index contributed by atoms with van der Waals surface area (Å²) in [5, 5.41) is 2.72. The van der Waals surface area contributed by atoms with Crippen LogP contribution in [0.2, 0.25) is 0 Å². The van der Waals surface area contributed by atoms with Crippen molar-refractivity contribution >= 4 is 6.09 Å². The highest BCUT2D eigenvalue weighted by molar-refractivity contribution is 5.67. The summed E-state index contributed by atoms with van der Waals surface area (Å²) in [6, 6.07) is 6.74. The molecule has 0 aliphatic heterocycles. The van der Waals surface area contributed by atoms with Gasteiger partial charge in [-0.05, 0) is 40.3 Å². The molecule has 0 radical (unpaired) electrons. The van der Waals surface area contributed by atoms with Gasteiger partial charge in [0.05, 0.1) is 0 Å². The third-order valence-electron chi connectivity index (χ3n) is 3.42. The molecule has 0 saturated heterocycles. The predicted molar refractivity (Wildman–Crippen MR) is 89.6 cm³/mol. The second kappa shape index (κ2) is 8.84. The Hall–Kier alpha value is -1.66. The lowest BCUT2D eigenvalue weighted by atomic mass is 10.1. The molecule has 0 aliphatic rings. The first kappa shape index (κ1) is 19.4. The van der Waals surface area contributed by atoms with E-state index in [0.717, 1.165) is 0 Å². The van der Waals surface area contributed by atoms with Gasteiger partial charge in [0, 0.05) is 31.2 Å². The quantitative estimate of drug-likeness (QED) is 0.808. The van der Waals surface area contributed by atoms with Crippen molar-refractivity contribution in [3.05, 3.63) is 35.6 Å². The monoisotopic (exact) mass is 325 g/mol. The van der Waals surface area contributed by atoms with E-state index in [2.05, 4.69) is 5.32 Å². The molecule has 1 aromatic rings. The molecule has 0 spiro atoms. The molecule has 1 rings (SSSR count). The van der Waals surface area contributed by atoms with Gasteiger partial charge in [-0.25, -0.2) is 9.18 Å². The van der Waals surface area contributed by atoms with Crippen LogP contribution in [0.1, 0.15) is 32.8 Å². The molecule has 1 unspecified atom stereocenters. The number of amides is 1. The third-order valence-corrected chi connectivity index (χ3v) is 3.42. The lowest BCUT2D eigenvalue weighted by Crippen LogP contribution is -2.41. The number of nitrogens with one attached hydrogen (secondary N) is 1. The Morgan fingerprint density at radius 2 is 2.04 bits per heavy atom. The van der Waals surface area contributed by atoms with E-state index in [1.165, 1.54) is 6.07 Å². The van der Waals surface area contributed by atoms with Crippen LogP contribution in [-0.4, -0.2) is 42.8 Å². The van der Waals surface area contributed by atoms with Crippen LogP contribution in [0.4, 0.5) is 9.18 Å². The van der Waals surface area contributed by atoms with Crippen molar-refractivity contribution in [2.45, 2.75) is 45.4 Å². The lowest BCUT2D eigenvalue weighted by Gasteiger charge is -2.27. The van der Waals surface area contributed by atoms with Gasteiger partial charge in [-0.1, -0.05) is 18.2 Å². The smallest absolute Gasteiger partial charge is 0.407 e. The number of carbonyl (C=O) groups excluding carboxylic acids is 1. The molecule has 3 N–H and O–H groups in total. The molecule has 0 fully saturated rings. The zero-order valence-corrected chi connectivity index (χ0v) is 14.4. The second-order valence-corrected chi connectivity index (χ2v) is 6.61. The number of nitrogens with two attached hydrogens (primary N) is 1. The molecule has 0 aromatic heterocycles. The van der Waals surface area contributed by atoms with Crippen molar-refractivity contribution < 1.29 is 13.9 Å². The fraction of sp³-hybridized carbons (Fsp3) is 0.588. The molecule has 1 aromatic carbocycles. The molecule has 0 aliphatic carbocycles. The summed E-state index contributed by atoms with van der Waals surface area (Å²) in [5.74, 6) is -0.220. The maximum Gasteiger partial charge on any atom is 0.407 e. The number of benzene rings is 1. The van der Waals surface area contributed by atoms with Crippen molar-refractivity contribution in [3.8, 4) is 0 Å². The minimum absolute atomic E-state index is 0.0459. The molecule has 0 saturated carbocycles. The minimum Gasteiger partial charge on any atom is -0.444 e. The summed E-state index contributed by atoms with van der Waals surface area (Å²) in [4.78, 5) is 13.6. The van der Waals surface area contributed by atoms with Gasteiger partial charge in [0.2, 0.25) is 0 Å². The van der Waals surface area contributed by atoms with Gasteiger partial charge < -0.3 is 15.8 Å². The summed E-state index contributed by atoms with van der Waals surface area (Å²) in [6.45, 7) is 6.81. The molecule has 1 amide bonds. The zero-order valence-electron chi connectivity index (χ0n) is 14.4. The van der Waals surface area contributed by atoms with E-state index in [9.17, 15) is 9.18 Å². The molecule has 6 heteroatoms. The SMILES string of the molecule is CN(Cc1ccccc1F)C(CN)CCNC(=O)OC(C)(C)C. The van der Waals surface area contributed by atoms with E-state index in [1.807, 2.05) is 38.8 Å². The van der Waals surface area contributed by atoms with E-state index >= 15 is 0 Å². The summed E-state index contributed by atoms with van der Waals surface area (Å²) in [6.07, 6.45) is 0.228. The molecule has 0 heterocycles. The number of halogens is 1. The normalized spacial score (nSPS) is 13.0. The average Bonchev–Trinajstić information content (AvgIpc) is 2.44. The van der Waals surface area contributed by atoms with E-state index in [-0.39, 0.29) is 11.9 Å². The number of nitrogens with zero attached hydrogens (tertiary/aromatic N) is 1. The van der Waals surface area contributed by atoms with E-state index in [1.54, 1.807) is 12.1 Å². The fourth-order valence-electron chi connectivity index (χ4n) is 2.20. The molecule has 5 nitrogen and oxygen atoms in total. The van der Waals surface area contributed by atoms with Crippen LogP contribution in [0.15, 0.2) is 24.3 Å². The third kappa shape index (κ3) is 7.43. The van der Waals surface area contributed by atoms with E-state index in [0.29, 0.717) is 31.6 Å². The largest absolute Gasteiger partial charge is 0.444 e. The van der Waals surface area contributed by atoms with Crippen molar-refractivity contribution in [3.63, 3.8) is 0 Å². The summed E-state index contributed by atoms with van der Waals surface area (Å²) < 4.78 is 18.9. The Labute approximate surface area is 138 Å². The highest BCUT2D eigenvalue weighted by Gasteiger charge is 2.18. The number of carbonyl (C=O) groups is 1. The summed E-state index contributed by atoms with van der Waals surface area (Å²) in [5.41, 5.74) is 5.92. The zero-order chi connectivity index (χ0) is 17.5. The Bertz CT molecular complexity index is 503. The van der Waals surface area contributed by atoms with Gasteiger partial charge >= 0.3 is 6.09 Å². The second-order valence-electron chi connectivity index (χ2n) is 6.61. The van der Waals surface area contributed by atoms with Crippen LogP contribution in [-0.2, 0) is 11.3 Å². The van der Waals surface area contributed by atoms with Crippen molar-refractivity contribution in [2.24, 2.45) is 5.73 Å². The fourth-order valence-corrected chi connectivity index (χ4v) is 2.20. The summed E-state index contributed by atoms with van der Waals surface area (Å²) in [7, 11) is 1.90. The molecule has 23 heavy (non-hydrogen) atoms. The van der Waals surface area contributed by atoms with Gasteiger partial charge in [0.15, 0.2) is 0 Å². The van der Waals surface area contributed by atoms with Crippen LogP contribution >= 0.6 is 0 Å². The number of hydrogen-bond donors (Lipinski definition) is 2. The van der Waals surface area contributed by atoms with E-state index < -0.39 is 11.7 Å². The number of ether oxygens (including phenoxy) is 1. The first-order valence-corrected chi connectivity index (χ1v) is 7.83. The Morgan fingerprint density at radius 3 is 2.61 bits per heavy atom. The van der Waals surface area contributed by atoms with Crippen molar-refractivity contribution in [1.82, 2.24) is 10.2 Å². The number of likely N-dealkylation sites (N-methyl/N-ethyl adjacent to an activating group) is 1. The van der Waals surface area contributed by atoms with Crippen LogP contribution in [0, 0.1) is 5.82 Å². The number of alkyl carbamates (subject to hydrolysis) is 1. The average molecular weight is 325 g/mol. The van der Waals surface area contributed by atoms with Gasteiger partial charge in [0.1, 0.15) is 11.4 Å². The lowest BCUT2D eigenvalue weighted by molar-refractivity contribution is 0.0522. The summed E-state index contributed by atoms with van der Waals surface area (Å²) >= 11 is 0. The molecule has 1 atom stereocenters. The van der Waals surface area contributed by atoms with Crippen LogP contribution in [0.5, 0.6) is 0 Å². The maximum absolute atomic E-state index is 13.7. The number of hydrogen-bond acceptors (Lipinski definition) is 4. The Kier molecular flexibility index (Phi) is 7.45. The van der Waals surface area contributed by atoms with E-state index in [4.69, 9.17) is 10.5 Å². The maximum atomic E-state index is 13.7. The Morgan fingerprint density at radius 1 is 1.39 bits per heavy atom. The number of rotatable bonds is 7. The first-order valence-electron chi connectivity index (χ1n) is 7.83. The van der Waals surface area contributed by atoms with Crippen LogP contribution in [0.3, 0.4) is 0 Å². The minimum atomic E-state index is -0.515. The standard InChI is InChI=1S/C17H28FN3O2/c1-17(2,3)23-16(22)20-10-9-14(11-19)21(4)12-13-7-5-6-8-15(13)18/h5-8,14H,9-12,19H2,1-4H3,(H,20,22).